The molecule has 2 aromatic carbocycles. The van der Waals surface area contributed by atoms with Crippen molar-refractivity contribution in [2.45, 2.75) is 45.6 Å². The largest absolute Gasteiger partial charge is 0.355 e. The van der Waals surface area contributed by atoms with Crippen LogP contribution in [0, 0.1) is 5.82 Å². The monoisotopic (exact) mass is 470 g/mol. The highest BCUT2D eigenvalue weighted by molar-refractivity contribution is 6.30. The van der Waals surface area contributed by atoms with Crippen molar-refractivity contribution in [1.29, 1.82) is 0 Å². The summed E-state index contributed by atoms with van der Waals surface area (Å²) in [6, 6.07) is 13.5. The highest BCUT2D eigenvalue weighted by Crippen LogP contribution is 2.25. The normalized spacial score (nSPS) is 12.3. The van der Waals surface area contributed by atoms with Crippen LogP contribution in [0.25, 0.3) is 5.69 Å². The van der Waals surface area contributed by atoms with Crippen LogP contribution in [0.15, 0.2) is 48.5 Å². The third-order valence-electron chi connectivity index (χ3n) is 5.41. The molecule has 0 aliphatic heterocycles. The first-order valence-electron chi connectivity index (χ1n) is 10.7. The van der Waals surface area contributed by atoms with Crippen LogP contribution >= 0.6 is 11.6 Å². The van der Waals surface area contributed by atoms with Crippen LogP contribution in [-0.2, 0) is 16.8 Å². The Hall–Kier alpha value is -3.19. The first-order chi connectivity index (χ1) is 15.5. The van der Waals surface area contributed by atoms with E-state index in [9.17, 15) is 14.0 Å². The molecular formula is C25H28ClFN4O2. The summed E-state index contributed by atoms with van der Waals surface area (Å²) in [7, 11) is 1.44. The number of hydrogen-bond acceptors (Lipinski definition) is 3. The smallest absolute Gasteiger partial charge is 0.253 e. The third-order valence-corrected chi connectivity index (χ3v) is 5.64. The van der Waals surface area contributed by atoms with Gasteiger partial charge in [-0.05, 0) is 48.9 Å². The fraction of sp³-hybridized carbons (Fsp3) is 0.320. The zero-order chi connectivity index (χ0) is 24.3. The lowest BCUT2D eigenvalue weighted by Crippen LogP contribution is -2.28. The number of carbonyl (C=O) groups is 2. The lowest BCUT2D eigenvalue weighted by Gasteiger charge is -2.14. The van der Waals surface area contributed by atoms with Crippen molar-refractivity contribution in [3.05, 3.63) is 81.9 Å². The Kier molecular flexibility index (Phi) is 7.22. The molecule has 2 N–H and O–H groups in total. The summed E-state index contributed by atoms with van der Waals surface area (Å²) in [6.07, 6.45) is 0. The van der Waals surface area contributed by atoms with Crippen LogP contribution in [0.4, 0.5) is 4.39 Å². The van der Waals surface area contributed by atoms with Gasteiger partial charge in [-0.2, -0.15) is 5.10 Å². The Balaban J connectivity index is 1.81. The summed E-state index contributed by atoms with van der Waals surface area (Å²) in [6.45, 7) is 8.13. The Morgan fingerprint density at radius 2 is 1.88 bits per heavy atom. The minimum Gasteiger partial charge on any atom is -0.355 e. The first-order valence-corrected chi connectivity index (χ1v) is 11.0. The van der Waals surface area contributed by atoms with Gasteiger partial charge < -0.3 is 10.6 Å². The quantitative estimate of drug-likeness (QED) is 0.546. The van der Waals surface area contributed by atoms with Crippen molar-refractivity contribution in [1.82, 2.24) is 20.4 Å². The number of carbonyl (C=O) groups excluding carboxylic acids is 2. The van der Waals surface area contributed by atoms with Crippen molar-refractivity contribution >= 4 is 23.4 Å². The maximum atomic E-state index is 14.3. The summed E-state index contributed by atoms with van der Waals surface area (Å²) in [4.78, 5) is 24.5. The van der Waals surface area contributed by atoms with Crippen LogP contribution in [0.2, 0.25) is 5.02 Å². The second kappa shape index (κ2) is 9.75. The molecule has 1 unspecified atom stereocenters. The van der Waals surface area contributed by atoms with Crippen molar-refractivity contribution in [3.63, 3.8) is 0 Å². The second-order valence-corrected chi connectivity index (χ2v) is 9.36. The predicted molar refractivity (Wildman–Crippen MR) is 127 cm³/mol. The van der Waals surface area contributed by atoms with E-state index in [2.05, 4.69) is 31.4 Å². The second-order valence-electron chi connectivity index (χ2n) is 8.92. The van der Waals surface area contributed by atoms with E-state index in [1.807, 2.05) is 24.3 Å². The number of amides is 2. The average Bonchev–Trinajstić information content (AvgIpc) is 3.21. The van der Waals surface area contributed by atoms with E-state index in [-0.39, 0.29) is 23.4 Å². The van der Waals surface area contributed by atoms with Crippen LogP contribution in [0.5, 0.6) is 0 Å². The van der Waals surface area contributed by atoms with Crippen LogP contribution < -0.4 is 10.6 Å². The maximum absolute atomic E-state index is 14.3. The molecule has 0 saturated heterocycles. The molecule has 0 aliphatic rings. The predicted octanol–water partition coefficient (Wildman–Crippen LogP) is 4.74. The molecule has 33 heavy (non-hydrogen) atoms. The molecule has 0 aliphatic carbocycles. The van der Waals surface area contributed by atoms with Gasteiger partial charge in [0.1, 0.15) is 5.82 Å². The number of halogens is 2. The third kappa shape index (κ3) is 5.60. The molecule has 8 heteroatoms. The Morgan fingerprint density at radius 1 is 1.15 bits per heavy atom. The maximum Gasteiger partial charge on any atom is 0.253 e. The summed E-state index contributed by atoms with van der Waals surface area (Å²) in [5.74, 6) is -2.05. The molecule has 1 heterocycles. The molecule has 1 aromatic heterocycles. The fourth-order valence-corrected chi connectivity index (χ4v) is 3.53. The zero-order valence-corrected chi connectivity index (χ0v) is 20.1. The number of aromatic nitrogens is 2. The van der Waals surface area contributed by atoms with Crippen molar-refractivity contribution < 1.29 is 14.0 Å². The Morgan fingerprint density at radius 3 is 2.48 bits per heavy atom. The molecule has 0 radical (unpaired) electrons. The molecule has 1 atom stereocenters. The van der Waals surface area contributed by atoms with Gasteiger partial charge in [0.05, 0.1) is 35.1 Å². The van der Waals surface area contributed by atoms with E-state index < -0.39 is 17.6 Å². The van der Waals surface area contributed by atoms with Gasteiger partial charge in [0, 0.05) is 17.5 Å². The number of benzene rings is 2. The van der Waals surface area contributed by atoms with Gasteiger partial charge in [0.15, 0.2) is 0 Å². The number of rotatable bonds is 6. The van der Waals surface area contributed by atoms with Crippen LogP contribution in [0.3, 0.4) is 0 Å². The molecule has 2 amide bonds. The van der Waals surface area contributed by atoms with E-state index >= 15 is 0 Å². The van der Waals surface area contributed by atoms with Gasteiger partial charge in [-0.1, -0.05) is 44.5 Å². The molecule has 0 spiro atoms. The lowest BCUT2D eigenvalue weighted by molar-refractivity contribution is -0.122. The number of nitrogens with zero attached hydrogens (tertiary/aromatic N) is 2. The van der Waals surface area contributed by atoms with Gasteiger partial charge in [-0.15, -0.1) is 0 Å². The van der Waals surface area contributed by atoms with Crippen molar-refractivity contribution in [2.24, 2.45) is 0 Å². The molecule has 174 valence electrons. The van der Waals surface area contributed by atoms with Crippen LogP contribution in [-0.4, -0.2) is 28.6 Å². The fourth-order valence-electron chi connectivity index (χ4n) is 3.35. The molecule has 3 aromatic rings. The molecular weight excluding hydrogens is 443 g/mol. The molecule has 6 nitrogen and oxygen atoms in total. The zero-order valence-electron chi connectivity index (χ0n) is 19.4. The minimum absolute atomic E-state index is 0.0611. The topological polar surface area (TPSA) is 76.0 Å². The van der Waals surface area contributed by atoms with Crippen molar-refractivity contribution in [3.8, 4) is 5.69 Å². The summed E-state index contributed by atoms with van der Waals surface area (Å²) in [5, 5.41) is 10.6. The summed E-state index contributed by atoms with van der Waals surface area (Å²) in [5.41, 5.74) is 2.71. The van der Waals surface area contributed by atoms with E-state index in [4.69, 9.17) is 16.7 Å². The summed E-state index contributed by atoms with van der Waals surface area (Å²) < 4.78 is 16.1. The Bertz CT molecular complexity index is 1180. The molecule has 0 saturated carbocycles. The van der Waals surface area contributed by atoms with Crippen LogP contribution in [0.1, 0.15) is 60.9 Å². The highest BCUT2D eigenvalue weighted by Gasteiger charge is 2.22. The minimum atomic E-state index is -0.666. The summed E-state index contributed by atoms with van der Waals surface area (Å²) >= 11 is 6.17. The van der Waals surface area contributed by atoms with E-state index in [1.54, 1.807) is 23.7 Å². The van der Waals surface area contributed by atoms with E-state index in [1.165, 1.54) is 19.2 Å². The average molecular weight is 471 g/mol. The van der Waals surface area contributed by atoms with Gasteiger partial charge in [-0.25, -0.2) is 9.07 Å². The Labute approximate surface area is 198 Å². The standard InChI is InChI=1S/C25H28ClFN4O2/c1-15(16-9-10-20(21(27)11-16)24(33)28-5)23(32)29-14-19-13-22(25(2,3)4)30-31(19)18-8-6-7-17(26)12-18/h6-13,15H,14H2,1-5H3,(H,28,33)(H,29,32). The van der Waals surface area contributed by atoms with Gasteiger partial charge in [0.25, 0.3) is 5.91 Å². The van der Waals surface area contributed by atoms with Gasteiger partial charge >= 0.3 is 0 Å². The molecule has 0 fully saturated rings. The lowest BCUT2D eigenvalue weighted by atomic mass is 9.92. The SMILES string of the molecule is CNC(=O)c1ccc(C(C)C(=O)NCc2cc(C(C)(C)C)nn2-c2cccc(Cl)c2)cc1F. The van der Waals surface area contributed by atoms with Gasteiger partial charge in [-0.3, -0.25) is 9.59 Å². The molecule has 0 bridgehead atoms. The van der Waals surface area contributed by atoms with E-state index in [0.717, 1.165) is 17.1 Å². The van der Waals surface area contributed by atoms with Crippen molar-refractivity contribution in [2.75, 3.05) is 7.05 Å². The number of nitrogens with one attached hydrogen (secondary N) is 2. The molecule has 3 rings (SSSR count). The van der Waals surface area contributed by atoms with E-state index in [0.29, 0.717) is 10.6 Å². The number of hydrogen-bond donors (Lipinski definition) is 2. The first kappa shape index (κ1) is 24.5. The highest BCUT2D eigenvalue weighted by atomic mass is 35.5. The van der Waals surface area contributed by atoms with Gasteiger partial charge in [0.2, 0.25) is 5.91 Å².